The average Bonchev–Trinajstić information content (AvgIpc) is 2.61. The van der Waals surface area contributed by atoms with Crippen LogP contribution in [0.5, 0.6) is 5.75 Å². The van der Waals surface area contributed by atoms with Crippen LogP contribution in [0.3, 0.4) is 0 Å². The van der Waals surface area contributed by atoms with Crippen molar-refractivity contribution in [3.05, 3.63) is 24.2 Å². The van der Waals surface area contributed by atoms with Crippen molar-refractivity contribution in [1.29, 1.82) is 0 Å². The topological polar surface area (TPSA) is 73.6 Å². The van der Waals surface area contributed by atoms with E-state index in [2.05, 4.69) is 14.8 Å². The predicted molar refractivity (Wildman–Crippen MR) is 45.1 cm³/mol. The number of hydrogen-bond acceptors (Lipinski definition) is 5. The van der Waals surface area contributed by atoms with Gasteiger partial charge in [0, 0.05) is 12.4 Å². The van der Waals surface area contributed by atoms with Crippen molar-refractivity contribution in [1.82, 2.24) is 14.6 Å². The lowest BCUT2D eigenvalue weighted by Crippen LogP contribution is -1.94. The molecule has 0 spiro atoms. The first-order valence-corrected chi connectivity index (χ1v) is 3.74. The van der Waals surface area contributed by atoms with Crippen LogP contribution in [-0.4, -0.2) is 27.4 Å². The Morgan fingerprint density at radius 3 is 2.93 bits per heavy atom. The molecule has 0 aromatic carbocycles. The summed E-state index contributed by atoms with van der Waals surface area (Å²) in [5, 5.41) is 3.86. The minimum Gasteiger partial charge on any atom is -0.423 e. The van der Waals surface area contributed by atoms with Gasteiger partial charge in [-0.05, 0) is 0 Å². The molecule has 6 heteroatoms. The van der Waals surface area contributed by atoms with Crippen molar-refractivity contribution in [2.45, 2.75) is 0 Å². The molecular weight excluding hydrogens is 186 g/mol. The average molecular weight is 191 g/mol. The zero-order chi connectivity index (χ0) is 9.97. The maximum Gasteiger partial charge on any atom is 0.298 e. The van der Waals surface area contributed by atoms with E-state index < -0.39 is 0 Å². The third-order valence-electron chi connectivity index (χ3n) is 1.66. The monoisotopic (exact) mass is 191 g/mol. The van der Waals surface area contributed by atoms with Crippen molar-refractivity contribution < 1.29 is 14.3 Å². The highest BCUT2D eigenvalue weighted by atomic mass is 16.5. The number of ether oxygens (including phenoxy) is 1. The Kier molecular flexibility index (Phi) is 1.94. The highest BCUT2D eigenvalue weighted by Gasteiger charge is 2.06. The van der Waals surface area contributed by atoms with Crippen molar-refractivity contribution in [3.63, 3.8) is 0 Å². The molecule has 6 nitrogen and oxygen atoms in total. The maximum atomic E-state index is 10.4. The number of hydrogen-bond donors (Lipinski definition) is 0. The smallest absolute Gasteiger partial charge is 0.298 e. The zero-order valence-electron chi connectivity index (χ0n) is 6.95. The summed E-state index contributed by atoms with van der Waals surface area (Å²) in [4.78, 5) is 24.4. The van der Waals surface area contributed by atoms with Gasteiger partial charge in [0.2, 0.25) is 0 Å². The second kappa shape index (κ2) is 3.25. The Bertz CT molecular complexity index is 492. The largest absolute Gasteiger partial charge is 0.423 e. The second-order valence-corrected chi connectivity index (χ2v) is 2.50. The van der Waals surface area contributed by atoms with Crippen LogP contribution in [-0.2, 0) is 4.79 Å². The fourth-order valence-corrected chi connectivity index (χ4v) is 1.06. The predicted octanol–water partition coefficient (Wildman–Crippen LogP) is 0.0770. The highest BCUT2D eigenvalue weighted by molar-refractivity contribution is 5.74. The molecule has 0 radical (unpaired) electrons. The highest BCUT2D eigenvalue weighted by Crippen LogP contribution is 2.15. The van der Waals surface area contributed by atoms with E-state index in [1.165, 1.54) is 23.1 Å². The molecule has 14 heavy (non-hydrogen) atoms. The first-order chi connectivity index (χ1) is 6.85. The molecule has 70 valence electrons. The first kappa shape index (κ1) is 8.36. The molecule has 0 aliphatic carbocycles. The number of nitrogens with zero attached hydrogens (tertiary/aromatic N) is 3. The van der Waals surface area contributed by atoms with Gasteiger partial charge in [0.05, 0.1) is 11.8 Å². The molecule has 0 saturated carbocycles. The van der Waals surface area contributed by atoms with Crippen molar-refractivity contribution >= 4 is 18.4 Å². The van der Waals surface area contributed by atoms with Crippen molar-refractivity contribution in [2.75, 3.05) is 0 Å². The summed E-state index contributed by atoms with van der Waals surface area (Å²) in [7, 11) is 0. The van der Waals surface area contributed by atoms with Gasteiger partial charge in [0.15, 0.2) is 17.7 Å². The van der Waals surface area contributed by atoms with Crippen LogP contribution in [0.1, 0.15) is 10.4 Å². The third kappa shape index (κ3) is 1.22. The number of carbonyl (C=O) groups is 2. The first-order valence-electron chi connectivity index (χ1n) is 3.74. The van der Waals surface area contributed by atoms with Crippen LogP contribution in [0.25, 0.3) is 5.65 Å². The molecule has 0 unspecified atom stereocenters. The molecule has 2 rings (SSSR count). The van der Waals surface area contributed by atoms with Gasteiger partial charge in [-0.2, -0.15) is 5.10 Å². The summed E-state index contributed by atoms with van der Waals surface area (Å²) in [6.45, 7) is 0.298. The molecule has 2 heterocycles. The fraction of sp³-hybridized carbons (Fsp3) is 0. The van der Waals surface area contributed by atoms with Crippen molar-refractivity contribution in [2.24, 2.45) is 0 Å². The lowest BCUT2D eigenvalue weighted by molar-refractivity contribution is -0.120. The number of rotatable bonds is 3. The normalized spacial score (nSPS) is 10.0. The lowest BCUT2D eigenvalue weighted by Gasteiger charge is -1.94. The van der Waals surface area contributed by atoms with E-state index in [1.807, 2.05) is 0 Å². The molecule has 0 fully saturated rings. The van der Waals surface area contributed by atoms with Gasteiger partial charge in [-0.1, -0.05) is 0 Å². The molecule has 0 saturated heterocycles. The summed E-state index contributed by atoms with van der Waals surface area (Å²) < 4.78 is 5.98. The Labute approximate surface area is 78.1 Å². The quantitative estimate of drug-likeness (QED) is 0.642. The minimum absolute atomic E-state index is 0.262. The summed E-state index contributed by atoms with van der Waals surface area (Å²) in [5.74, 6) is 0.262. The Balaban J connectivity index is 2.58. The van der Waals surface area contributed by atoms with E-state index in [9.17, 15) is 9.59 Å². The van der Waals surface area contributed by atoms with Gasteiger partial charge in [0.25, 0.3) is 6.47 Å². The zero-order valence-corrected chi connectivity index (χ0v) is 6.95. The van der Waals surface area contributed by atoms with Gasteiger partial charge >= 0.3 is 0 Å². The van der Waals surface area contributed by atoms with Crippen LogP contribution < -0.4 is 4.74 Å². The molecule has 0 aliphatic rings. The van der Waals surface area contributed by atoms with E-state index in [0.717, 1.165) is 0 Å². The maximum absolute atomic E-state index is 10.4. The van der Waals surface area contributed by atoms with E-state index in [-0.39, 0.29) is 5.75 Å². The van der Waals surface area contributed by atoms with Crippen molar-refractivity contribution in [3.8, 4) is 5.75 Å². The molecule has 0 atom stereocenters. The SMILES string of the molecule is O=COc1cnn2cc(C=O)cnc12. The summed E-state index contributed by atoms with van der Waals surface area (Å²) in [5.41, 5.74) is 0.793. The van der Waals surface area contributed by atoms with Crippen LogP contribution in [0.2, 0.25) is 0 Å². The molecule has 2 aromatic rings. The lowest BCUT2D eigenvalue weighted by atomic mass is 10.4. The number of fused-ring (bicyclic) bond motifs is 1. The standard InChI is InChI=1S/C8H5N3O3/c12-4-6-1-9-8-7(14-5-13)2-10-11(8)3-6/h1-5H. The van der Waals surface area contributed by atoms with Gasteiger partial charge in [-0.25, -0.2) is 9.50 Å². The van der Waals surface area contributed by atoms with Crippen LogP contribution in [0.4, 0.5) is 0 Å². The van der Waals surface area contributed by atoms with Gasteiger partial charge in [0.1, 0.15) is 0 Å². The fourth-order valence-electron chi connectivity index (χ4n) is 1.06. The Morgan fingerprint density at radius 2 is 2.21 bits per heavy atom. The van der Waals surface area contributed by atoms with Crippen LogP contribution >= 0.6 is 0 Å². The molecule has 0 N–H and O–H groups in total. The van der Waals surface area contributed by atoms with Crippen LogP contribution in [0.15, 0.2) is 18.6 Å². The number of aromatic nitrogens is 3. The van der Waals surface area contributed by atoms with E-state index in [4.69, 9.17) is 0 Å². The van der Waals surface area contributed by atoms with E-state index >= 15 is 0 Å². The Hall–Kier alpha value is -2.24. The molecule has 0 bridgehead atoms. The third-order valence-corrected chi connectivity index (χ3v) is 1.66. The van der Waals surface area contributed by atoms with E-state index in [1.54, 1.807) is 0 Å². The number of aldehydes is 1. The molecule has 0 aliphatic heterocycles. The second-order valence-electron chi connectivity index (χ2n) is 2.50. The van der Waals surface area contributed by atoms with Gasteiger partial charge in [-0.15, -0.1) is 0 Å². The summed E-state index contributed by atoms with van der Waals surface area (Å²) >= 11 is 0. The van der Waals surface area contributed by atoms with Crippen LogP contribution in [0, 0.1) is 0 Å². The molecule has 0 amide bonds. The van der Waals surface area contributed by atoms with Gasteiger partial charge in [-0.3, -0.25) is 9.59 Å². The molecular formula is C8H5N3O3. The Morgan fingerprint density at radius 1 is 1.36 bits per heavy atom. The summed E-state index contributed by atoms with van der Waals surface area (Å²) in [6, 6.07) is 0. The molecule has 2 aromatic heterocycles. The number of carbonyl (C=O) groups excluding carboxylic acids is 2. The summed E-state index contributed by atoms with van der Waals surface area (Å²) in [6.07, 6.45) is 4.88. The van der Waals surface area contributed by atoms with Gasteiger partial charge < -0.3 is 4.74 Å². The minimum atomic E-state index is 0.262. The van der Waals surface area contributed by atoms with E-state index in [0.29, 0.717) is 24.0 Å².